The average Bonchev–Trinajstić information content (AvgIpc) is 3.43. The third-order valence-electron chi connectivity index (χ3n) is 9.18. The van der Waals surface area contributed by atoms with Crippen LogP contribution in [0.5, 0.6) is 6.01 Å². The van der Waals surface area contributed by atoms with Crippen LogP contribution < -0.4 is 14.5 Å². The number of fused-ring (bicyclic) bond motifs is 2. The number of halogens is 1. The van der Waals surface area contributed by atoms with Gasteiger partial charge in [-0.3, -0.25) is 4.90 Å². The lowest BCUT2D eigenvalue weighted by atomic mass is 9.99. The molecule has 0 saturated carbocycles. The van der Waals surface area contributed by atoms with E-state index in [2.05, 4.69) is 58.7 Å². The van der Waals surface area contributed by atoms with Gasteiger partial charge < -0.3 is 24.5 Å². The molecule has 0 spiro atoms. The zero-order valence-corrected chi connectivity index (χ0v) is 24.9. The van der Waals surface area contributed by atoms with Gasteiger partial charge in [-0.05, 0) is 49.9 Å². The molecule has 10 heteroatoms. The van der Waals surface area contributed by atoms with E-state index in [9.17, 15) is 14.8 Å². The Labute approximate surface area is 252 Å². The number of nitriles is 1. The van der Waals surface area contributed by atoms with Crippen molar-refractivity contribution >= 4 is 22.3 Å². The fourth-order valence-corrected chi connectivity index (χ4v) is 6.89. The number of anilines is 2. The highest BCUT2D eigenvalue weighted by molar-refractivity contribution is 5.97. The molecule has 0 amide bonds. The summed E-state index contributed by atoms with van der Waals surface area (Å²) in [6.07, 6.45) is 3.30. The maximum Gasteiger partial charge on any atom is 0.318 e. The molecular formula is C33H40FN7O2. The predicted molar refractivity (Wildman–Crippen MR) is 166 cm³/mol. The van der Waals surface area contributed by atoms with E-state index >= 15 is 0 Å². The number of aliphatic hydroxyl groups excluding tert-OH is 1. The molecule has 4 heterocycles. The van der Waals surface area contributed by atoms with Gasteiger partial charge in [-0.15, -0.1) is 0 Å². The van der Waals surface area contributed by atoms with Crippen LogP contribution in [-0.2, 0) is 19.6 Å². The molecule has 3 aliphatic rings. The topological polar surface area (TPSA) is 92.0 Å². The van der Waals surface area contributed by atoms with Crippen molar-refractivity contribution in [2.45, 2.75) is 50.9 Å². The third kappa shape index (κ3) is 6.16. The number of rotatable bonds is 9. The molecule has 1 aromatic heterocycles. The molecule has 2 atom stereocenters. The Bertz CT molecular complexity index is 1520. The summed E-state index contributed by atoms with van der Waals surface area (Å²) in [6, 6.07) is 15.2. The van der Waals surface area contributed by atoms with Gasteiger partial charge in [0.15, 0.2) is 0 Å². The van der Waals surface area contributed by atoms with Gasteiger partial charge in [0.1, 0.15) is 18.3 Å². The van der Waals surface area contributed by atoms with Crippen LogP contribution in [-0.4, -0.2) is 89.9 Å². The zero-order chi connectivity index (χ0) is 29.9. The van der Waals surface area contributed by atoms with Crippen LogP contribution in [0, 0.1) is 11.3 Å². The number of hydrogen-bond acceptors (Lipinski definition) is 9. The molecule has 3 aliphatic heterocycles. The Hall–Kier alpha value is -3.78. The van der Waals surface area contributed by atoms with Gasteiger partial charge >= 0.3 is 6.01 Å². The number of hydrogen-bond donors (Lipinski definition) is 1. The first kappa shape index (κ1) is 29.3. The minimum Gasteiger partial charge on any atom is -0.462 e. The number of ether oxygens (including phenoxy) is 1. The van der Waals surface area contributed by atoms with E-state index in [-0.39, 0.29) is 25.0 Å². The molecule has 1 N–H and O–H groups in total. The highest BCUT2D eigenvalue weighted by Crippen LogP contribution is 2.36. The lowest BCUT2D eigenvalue weighted by Gasteiger charge is -2.42. The van der Waals surface area contributed by atoms with Crippen molar-refractivity contribution in [1.29, 1.82) is 5.26 Å². The zero-order valence-electron chi connectivity index (χ0n) is 24.9. The van der Waals surface area contributed by atoms with E-state index in [4.69, 9.17) is 14.7 Å². The molecule has 0 radical (unpaired) electrons. The average molecular weight is 586 g/mol. The quantitative estimate of drug-likeness (QED) is 0.399. The summed E-state index contributed by atoms with van der Waals surface area (Å²) in [5.74, 6) is 0.469. The first-order chi connectivity index (χ1) is 20.9. The summed E-state index contributed by atoms with van der Waals surface area (Å²) in [6.45, 7) is 8.38. The maximum atomic E-state index is 13.8. The second-order valence-electron chi connectivity index (χ2n) is 11.9. The maximum absolute atomic E-state index is 13.8. The number of aromatic nitrogens is 2. The first-order valence-electron chi connectivity index (χ1n) is 15.2. The number of piperazine rings is 1. The van der Waals surface area contributed by atoms with Gasteiger partial charge in [0, 0.05) is 54.9 Å². The smallest absolute Gasteiger partial charge is 0.318 e. The lowest BCUT2D eigenvalue weighted by molar-refractivity contribution is 0.181. The van der Waals surface area contributed by atoms with Crippen LogP contribution in [0.4, 0.5) is 15.9 Å². The highest BCUT2D eigenvalue weighted by Gasteiger charge is 2.33. The van der Waals surface area contributed by atoms with Crippen LogP contribution >= 0.6 is 0 Å². The van der Waals surface area contributed by atoms with Crippen LogP contribution in [0.3, 0.4) is 0 Å². The Morgan fingerprint density at radius 2 is 1.95 bits per heavy atom. The van der Waals surface area contributed by atoms with E-state index in [0.717, 1.165) is 71.5 Å². The first-order valence-corrected chi connectivity index (χ1v) is 15.2. The Morgan fingerprint density at radius 3 is 2.70 bits per heavy atom. The van der Waals surface area contributed by atoms with Crippen LogP contribution in [0.1, 0.15) is 36.1 Å². The van der Waals surface area contributed by atoms with E-state index < -0.39 is 0 Å². The molecule has 0 aliphatic carbocycles. The Kier molecular flexibility index (Phi) is 8.75. The van der Waals surface area contributed by atoms with Gasteiger partial charge in [0.25, 0.3) is 0 Å². The third-order valence-corrected chi connectivity index (χ3v) is 9.18. The monoisotopic (exact) mass is 585 g/mol. The minimum atomic E-state index is -0.388. The molecule has 2 saturated heterocycles. The Balaban J connectivity index is 1.33. The second kappa shape index (κ2) is 12.8. The molecule has 43 heavy (non-hydrogen) atoms. The standard InChI is InChI=1S/C33H40FN7O2/c1-23(34)18-39-16-17-41(19-26(39)11-13-35)32-28-12-15-40(30-10-4-7-24-6-3-8-25(21-42)31(24)30)20-29(28)36-33(37-32)43-22-27-9-5-14-38(27)2/h3-4,6-8,10,26-27,42H,1,5,9,11-12,14-22H2,2H3/t26-,27-/m0/s1. The number of likely N-dealkylation sites (N-methyl/N-ethyl adjacent to an activating group) is 1. The van der Waals surface area contributed by atoms with Crippen molar-refractivity contribution in [3.63, 3.8) is 0 Å². The molecule has 9 nitrogen and oxygen atoms in total. The number of benzene rings is 2. The SMILES string of the molecule is C=C(F)CN1CCN(c2nc(OC[C@@H]3CCCN3C)nc3c2CCN(c2cccc4cccc(CO)c24)C3)C[C@@H]1CC#N. The normalized spacial score (nSPS) is 21.2. The number of aliphatic hydroxyl groups is 1. The second-order valence-corrected chi connectivity index (χ2v) is 11.9. The van der Waals surface area contributed by atoms with E-state index in [0.29, 0.717) is 51.3 Å². The van der Waals surface area contributed by atoms with Gasteiger partial charge in [-0.1, -0.05) is 36.9 Å². The van der Waals surface area contributed by atoms with Crippen molar-refractivity contribution in [2.24, 2.45) is 0 Å². The molecule has 226 valence electrons. The molecular weight excluding hydrogens is 545 g/mol. The van der Waals surface area contributed by atoms with Crippen molar-refractivity contribution in [2.75, 3.05) is 62.7 Å². The summed E-state index contributed by atoms with van der Waals surface area (Å²) in [4.78, 5) is 18.8. The molecule has 2 aromatic carbocycles. The number of nitrogens with zero attached hydrogens (tertiary/aromatic N) is 7. The summed E-state index contributed by atoms with van der Waals surface area (Å²) in [5.41, 5.74) is 4.02. The van der Waals surface area contributed by atoms with Crippen molar-refractivity contribution in [3.05, 3.63) is 65.6 Å². The molecule has 6 rings (SSSR count). The fraction of sp³-hybridized carbons (Fsp3) is 0.485. The van der Waals surface area contributed by atoms with Crippen LogP contribution in [0.25, 0.3) is 10.8 Å². The van der Waals surface area contributed by atoms with E-state index in [1.54, 1.807) is 0 Å². The van der Waals surface area contributed by atoms with Crippen molar-refractivity contribution in [3.8, 4) is 12.1 Å². The van der Waals surface area contributed by atoms with E-state index in [1.165, 1.54) is 0 Å². The summed E-state index contributed by atoms with van der Waals surface area (Å²) >= 11 is 0. The molecule has 3 aromatic rings. The van der Waals surface area contributed by atoms with Crippen LogP contribution in [0.2, 0.25) is 0 Å². The number of likely N-dealkylation sites (tertiary alicyclic amines) is 1. The predicted octanol–water partition coefficient (Wildman–Crippen LogP) is 4.05. The van der Waals surface area contributed by atoms with Crippen LogP contribution in [0.15, 0.2) is 48.8 Å². The van der Waals surface area contributed by atoms with Gasteiger partial charge in [0.2, 0.25) is 0 Å². The fourth-order valence-electron chi connectivity index (χ4n) is 6.89. The summed E-state index contributed by atoms with van der Waals surface area (Å²) in [7, 11) is 2.13. The van der Waals surface area contributed by atoms with Gasteiger partial charge in [-0.25, -0.2) is 4.39 Å². The van der Waals surface area contributed by atoms with Crippen molar-refractivity contribution in [1.82, 2.24) is 19.8 Å². The summed E-state index contributed by atoms with van der Waals surface area (Å²) in [5, 5.41) is 21.8. The lowest BCUT2D eigenvalue weighted by Crippen LogP contribution is -2.54. The highest BCUT2D eigenvalue weighted by atomic mass is 19.1. The largest absolute Gasteiger partial charge is 0.462 e. The summed E-state index contributed by atoms with van der Waals surface area (Å²) < 4.78 is 20.1. The Morgan fingerprint density at radius 1 is 1.12 bits per heavy atom. The van der Waals surface area contributed by atoms with E-state index in [1.807, 2.05) is 17.0 Å². The molecule has 0 bridgehead atoms. The van der Waals surface area contributed by atoms with Gasteiger partial charge in [-0.2, -0.15) is 15.2 Å². The van der Waals surface area contributed by atoms with Crippen molar-refractivity contribution < 1.29 is 14.2 Å². The minimum absolute atomic E-state index is 0.0235. The van der Waals surface area contributed by atoms with Gasteiger partial charge in [0.05, 0.1) is 37.9 Å². The molecule has 0 unspecified atom stereocenters. The molecule has 2 fully saturated rings.